The maximum Gasteiger partial charge on any atom is 0.251 e. The number of imidazole rings is 1. The van der Waals surface area contributed by atoms with E-state index in [1.54, 1.807) is 26.4 Å². The standard InChI is InChI=1S/C23H27N3O3/c1-5-9-17-14-18(15-21(28-3)22(17)29-4)23(27)24-12-8-13-26-16(2)25-19-10-6-7-11-20(19)26/h5-7,10-11,14-15H,1,8-9,12-13H2,2-4H3,(H,24,27). The maximum atomic E-state index is 12.7. The van der Waals surface area contributed by atoms with E-state index in [2.05, 4.69) is 27.5 Å². The highest BCUT2D eigenvalue weighted by Gasteiger charge is 2.15. The largest absolute Gasteiger partial charge is 0.493 e. The number of aromatic nitrogens is 2. The van der Waals surface area contributed by atoms with Crippen LogP contribution in [0.4, 0.5) is 0 Å². The van der Waals surface area contributed by atoms with Crippen LogP contribution in [-0.4, -0.2) is 36.2 Å². The van der Waals surface area contributed by atoms with Crippen LogP contribution in [0.1, 0.15) is 28.2 Å². The van der Waals surface area contributed by atoms with E-state index in [4.69, 9.17) is 9.47 Å². The van der Waals surface area contributed by atoms with Gasteiger partial charge in [-0.25, -0.2) is 4.98 Å². The summed E-state index contributed by atoms with van der Waals surface area (Å²) >= 11 is 0. The number of carbonyl (C=O) groups is 1. The zero-order valence-corrected chi connectivity index (χ0v) is 17.2. The minimum Gasteiger partial charge on any atom is -0.493 e. The van der Waals surface area contributed by atoms with Crippen LogP contribution in [0, 0.1) is 6.92 Å². The quantitative estimate of drug-likeness (QED) is 0.442. The second kappa shape index (κ2) is 9.28. The van der Waals surface area contributed by atoms with Gasteiger partial charge in [-0.3, -0.25) is 4.79 Å². The van der Waals surface area contributed by atoms with Crippen LogP contribution < -0.4 is 14.8 Å². The Labute approximate surface area is 171 Å². The van der Waals surface area contributed by atoms with E-state index < -0.39 is 0 Å². The average molecular weight is 393 g/mol. The van der Waals surface area contributed by atoms with Crippen LogP contribution in [-0.2, 0) is 13.0 Å². The molecule has 1 N–H and O–H groups in total. The number of allylic oxidation sites excluding steroid dienone is 1. The van der Waals surface area contributed by atoms with Crippen molar-refractivity contribution in [2.45, 2.75) is 26.3 Å². The Bertz CT molecular complexity index is 1020. The third kappa shape index (κ3) is 4.42. The number of benzene rings is 2. The summed E-state index contributed by atoms with van der Waals surface area (Å²) in [6.45, 7) is 7.13. The van der Waals surface area contributed by atoms with Gasteiger partial charge in [-0.05, 0) is 44.0 Å². The van der Waals surface area contributed by atoms with Gasteiger partial charge in [-0.2, -0.15) is 0 Å². The Kier molecular flexibility index (Phi) is 6.54. The molecule has 0 spiro atoms. The number of aryl methyl sites for hydroxylation is 2. The van der Waals surface area contributed by atoms with Gasteiger partial charge >= 0.3 is 0 Å². The number of hydrogen-bond donors (Lipinski definition) is 1. The van der Waals surface area contributed by atoms with Crippen molar-refractivity contribution in [2.24, 2.45) is 0 Å². The molecule has 0 radical (unpaired) electrons. The third-order valence-electron chi connectivity index (χ3n) is 4.87. The van der Waals surface area contributed by atoms with E-state index in [-0.39, 0.29) is 5.91 Å². The lowest BCUT2D eigenvalue weighted by Crippen LogP contribution is -2.25. The Balaban J connectivity index is 1.65. The molecular formula is C23H27N3O3. The van der Waals surface area contributed by atoms with Gasteiger partial charge in [0.05, 0.1) is 25.3 Å². The summed E-state index contributed by atoms with van der Waals surface area (Å²) in [6.07, 6.45) is 3.17. The Morgan fingerprint density at radius 3 is 2.76 bits per heavy atom. The fraction of sp³-hybridized carbons (Fsp3) is 0.304. The molecule has 152 valence electrons. The average Bonchev–Trinajstić information content (AvgIpc) is 3.05. The highest BCUT2D eigenvalue weighted by Crippen LogP contribution is 2.33. The summed E-state index contributed by atoms with van der Waals surface area (Å²) in [6, 6.07) is 11.6. The molecule has 0 atom stereocenters. The van der Waals surface area contributed by atoms with Gasteiger partial charge in [0.25, 0.3) is 5.91 Å². The molecule has 1 heterocycles. The van der Waals surface area contributed by atoms with Gasteiger partial charge in [0.2, 0.25) is 0 Å². The number of nitrogens with zero attached hydrogens (tertiary/aromatic N) is 2. The molecule has 3 rings (SSSR count). The molecule has 0 fully saturated rings. The second-order valence-electron chi connectivity index (χ2n) is 6.77. The van der Waals surface area contributed by atoms with Gasteiger partial charge < -0.3 is 19.4 Å². The lowest BCUT2D eigenvalue weighted by atomic mass is 10.0. The summed E-state index contributed by atoms with van der Waals surface area (Å²) < 4.78 is 13.0. The van der Waals surface area contributed by atoms with Crippen LogP contribution in [0.5, 0.6) is 11.5 Å². The van der Waals surface area contributed by atoms with E-state index in [1.165, 1.54) is 0 Å². The van der Waals surface area contributed by atoms with Crippen molar-refractivity contribution in [3.8, 4) is 11.5 Å². The Morgan fingerprint density at radius 1 is 1.24 bits per heavy atom. The summed E-state index contributed by atoms with van der Waals surface area (Å²) in [7, 11) is 3.15. The molecule has 0 unspecified atom stereocenters. The van der Waals surface area contributed by atoms with Crippen molar-refractivity contribution >= 4 is 16.9 Å². The van der Waals surface area contributed by atoms with Crippen LogP contribution in [0.25, 0.3) is 11.0 Å². The van der Waals surface area contributed by atoms with E-state index >= 15 is 0 Å². The molecule has 0 aliphatic carbocycles. The topological polar surface area (TPSA) is 65.4 Å². The molecule has 3 aromatic rings. The van der Waals surface area contributed by atoms with Crippen molar-refractivity contribution in [1.82, 2.24) is 14.9 Å². The number of carbonyl (C=O) groups excluding carboxylic acids is 1. The summed E-state index contributed by atoms with van der Waals surface area (Å²) in [4.78, 5) is 17.2. The summed E-state index contributed by atoms with van der Waals surface area (Å²) in [5, 5.41) is 2.99. The SMILES string of the molecule is C=CCc1cc(C(=O)NCCCn2c(C)nc3ccccc32)cc(OC)c1OC. The first-order valence-electron chi connectivity index (χ1n) is 9.65. The van der Waals surface area contributed by atoms with Gasteiger partial charge in [0.1, 0.15) is 5.82 Å². The molecule has 29 heavy (non-hydrogen) atoms. The van der Waals surface area contributed by atoms with E-state index in [0.29, 0.717) is 30.0 Å². The molecule has 6 nitrogen and oxygen atoms in total. The Morgan fingerprint density at radius 2 is 2.03 bits per heavy atom. The summed E-state index contributed by atoms with van der Waals surface area (Å²) in [5.74, 6) is 2.01. The highest BCUT2D eigenvalue weighted by molar-refractivity contribution is 5.95. The highest BCUT2D eigenvalue weighted by atomic mass is 16.5. The zero-order chi connectivity index (χ0) is 20.8. The minimum atomic E-state index is -0.136. The van der Waals surface area contributed by atoms with Crippen molar-refractivity contribution in [1.29, 1.82) is 0 Å². The van der Waals surface area contributed by atoms with Crippen LogP contribution >= 0.6 is 0 Å². The number of rotatable bonds is 9. The number of hydrogen-bond acceptors (Lipinski definition) is 4. The molecule has 0 aliphatic heterocycles. The zero-order valence-electron chi connectivity index (χ0n) is 17.2. The molecular weight excluding hydrogens is 366 g/mol. The fourth-order valence-corrected chi connectivity index (χ4v) is 3.50. The molecule has 1 aromatic heterocycles. The number of para-hydroxylation sites is 2. The number of fused-ring (bicyclic) bond motifs is 1. The molecule has 0 aliphatic rings. The van der Waals surface area contributed by atoms with Crippen molar-refractivity contribution < 1.29 is 14.3 Å². The normalized spacial score (nSPS) is 10.7. The smallest absolute Gasteiger partial charge is 0.251 e. The van der Waals surface area contributed by atoms with Crippen molar-refractivity contribution in [3.05, 3.63) is 66.0 Å². The number of ether oxygens (including phenoxy) is 2. The van der Waals surface area contributed by atoms with E-state index in [1.807, 2.05) is 31.2 Å². The number of nitrogens with one attached hydrogen (secondary N) is 1. The second-order valence-corrected chi connectivity index (χ2v) is 6.77. The predicted molar refractivity (Wildman–Crippen MR) is 115 cm³/mol. The molecule has 1 amide bonds. The monoisotopic (exact) mass is 393 g/mol. The van der Waals surface area contributed by atoms with E-state index in [0.717, 1.165) is 35.4 Å². The van der Waals surface area contributed by atoms with Crippen molar-refractivity contribution in [3.63, 3.8) is 0 Å². The van der Waals surface area contributed by atoms with E-state index in [9.17, 15) is 4.79 Å². The number of amides is 1. The fourth-order valence-electron chi connectivity index (χ4n) is 3.50. The van der Waals surface area contributed by atoms with Crippen molar-refractivity contribution in [2.75, 3.05) is 20.8 Å². The minimum absolute atomic E-state index is 0.136. The molecule has 0 bridgehead atoms. The first-order valence-corrected chi connectivity index (χ1v) is 9.65. The summed E-state index contributed by atoms with van der Waals surface area (Å²) in [5.41, 5.74) is 3.52. The first kappa shape index (κ1) is 20.5. The van der Waals surface area contributed by atoms with Gasteiger partial charge in [-0.15, -0.1) is 6.58 Å². The molecule has 0 saturated heterocycles. The van der Waals surface area contributed by atoms with Crippen LogP contribution in [0.3, 0.4) is 0 Å². The Hall–Kier alpha value is -3.28. The molecule has 6 heteroatoms. The first-order chi connectivity index (χ1) is 14.1. The molecule has 2 aromatic carbocycles. The lowest BCUT2D eigenvalue weighted by molar-refractivity contribution is 0.0952. The lowest BCUT2D eigenvalue weighted by Gasteiger charge is -2.14. The molecule has 0 saturated carbocycles. The van der Waals surface area contributed by atoms with Crippen LogP contribution in [0.15, 0.2) is 49.1 Å². The predicted octanol–water partition coefficient (Wildman–Crippen LogP) is 3.91. The van der Waals surface area contributed by atoms with Gasteiger partial charge in [0, 0.05) is 24.2 Å². The van der Waals surface area contributed by atoms with Crippen LogP contribution in [0.2, 0.25) is 0 Å². The van der Waals surface area contributed by atoms with Gasteiger partial charge in [-0.1, -0.05) is 18.2 Å². The number of methoxy groups -OCH3 is 2. The maximum absolute atomic E-state index is 12.7. The third-order valence-corrected chi connectivity index (χ3v) is 4.87. The van der Waals surface area contributed by atoms with Gasteiger partial charge in [0.15, 0.2) is 11.5 Å².